The molecule has 0 saturated carbocycles. The van der Waals surface area contributed by atoms with Gasteiger partial charge in [0.25, 0.3) is 0 Å². The Morgan fingerprint density at radius 2 is 2.06 bits per heavy atom. The SMILES string of the molecule is COc1ccc(CC(=O)CCC(C)(C)OC)cn1. The number of hydrogen-bond donors (Lipinski definition) is 0. The van der Waals surface area contributed by atoms with Gasteiger partial charge in [0.1, 0.15) is 5.78 Å². The van der Waals surface area contributed by atoms with Crippen LogP contribution >= 0.6 is 0 Å². The Morgan fingerprint density at radius 3 is 2.56 bits per heavy atom. The topological polar surface area (TPSA) is 48.4 Å². The molecule has 0 aliphatic heterocycles. The molecule has 0 aliphatic rings. The lowest BCUT2D eigenvalue weighted by Crippen LogP contribution is -2.23. The van der Waals surface area contributed by atoms with Gasteiger partial charge in [-0.15, -0.1) is 0 Å². The molecule has 0 amide bonds. The molecule has 4 nitrogen and oxygen atoms in total. The maximum Gasteiger partial charge on any atom is 0.212 e. The molecule has 0 bridgehead atoms. The molecule has 0 atom stereocenters. The van der Waals surface area contributed by atoms with Gasteiger partial charge in [-0.25, -0.2) is 4.98 Å². The number of nitrogens with zero attached hydrogens (tertiary/aromatic N) is 1. The molecule has 1 heterocycles. The van der Waals surface area contributed by atoms with Crippen LogP contribution in [-0.2, 0) is 16.0 Å². The monoisotopic (exact) mass is 251 g/mol. The number of carbonyl (C=O) groups excluding carboxylic acids is 1. The smallest absolute Gasteiger partial charge is 0.212 e. The summed E-state index contributed by atoms with van der Waals surface area (Å²) in [6.45, 7) is 3.96. The largest absolute Gasteiger partial charge is 0.481 e. The molecule has 0 aliphatic carbocycles. The van der Waals surface area contributed by atoms with Gasteiger partial charge >= 0.3 is 0 Å². The molecule has 100 valence electrons. The first-order valence-electron chi connectivity index (χ1n) is 6.02. The number of ketones is 1. The second-order valence-corrected chi connectivity index (χ2v) is 4.89. The summed E-state index contributed by atoms with van der Waals surface area (Å²) < 4.78 is 10.3. The highest BCUT2D eigenvalue weighted by molar-refractivity contribution is 5.80. The number of Topliss-reactive ketones (excluding diaryl/α,β-unsaturated/α-hetero) is 1. The second kappa shape index (κ2) is 6.50. The van der Waals surface area contributed by atoms with E-state index in [0.717, 1.165) is 12.0 Å². The van der Waals surface area contributed by atoms with Crippen LogP contribution in [0.25, 0.3) is 0 Å². The molecule has 1 rings (SSSR count). The minimum Gasteiger partial charge on any atom is -0.481 e. The Morgan fingerprint density at radius 1 is 1.33 bits per heavy atom. The molecule has 0 saturated heterocycles. The predicted octanol–water partition coefficient (Wildman–Crippen LogP) is 2.41. The highest BCUT2D eigenvalue weighted by atomic mass is 16.5. The zero-order valence-electron chi connectivity index (χ0n) is 11.5. The molecular formula is C14H21NO3. The van der Waals surface area contributed by atoms with Crippen molar-refractivity contribution >= 4 is 5.78 Å². The van der Waals surface area contributed by atoms with Crippen LogP contribution in [-0.4, -0.2) is 30.6 Å². The van der Waals surface area contributed by atoms with Crippen LogP contribution in [0.5, 0.6) is 5.88 Å². The van der Waals surface area contributed by atoms with Crippen LogP contribution in [0.15, 0.2) is 18.3 Å². The zero-order valence-corrected chi connectivity index (χ0v) is 11.5. The first-order valence-corrected chi connectivity index (χ1v) is 6.02. The summed E-state index contributed by atoms with van der Waals surface area (Å²) in [7, 11) is 3.23. The van der Waals surface area contributed by atoms with Gasteiger partial charge in [-0.05, 0) is 25.8 Å². The molecular weight excluding hydrogens is 230 g/mol. The molecule has 0 N–H and O–H groups in total. The van der Waals surface area contributed by atoms with E-state index in [2.05, 4.69) is 4.98 Å². The molecule has 0 radical (unpaired) electrons. The van der Waals surface area contributed by atoms with Gasteiger partial charge in [-0.1, -0.05) is 6.07 Å². The second-order valence-electron chi connectivity index (χ2n) is 4.89. The Bertz CT molecular complexity index is 385. The number of hydrogen-bond acceptors (Lipinski definition) is 4. The first kappa shape index (κ1) is 14.6. The van der Waals surface area contributed by atoms with Crippen LogP contribution < -0.4 is 4.74 Å². The lowest BCUT2D eigenvalue weighted by Gasteiger charge is -2.22. The van der Waals surface area contributed by atoms with Crippen molar-refractivity contribution in [3.63, 3.8) is 0 Å². The van der Waals surface area contributed by atoms with E-state index in [1.165, 1.54) is 0 Å². The highest BCUT2D eigenvalue weighted by Crippen LogP contribution is 2.16. The van der Waals surface area contributed by atoms with E-state index in [1.807, 2.05) is 19.9 Å². The number of carbonyl (C=O) groups is 1. The number of ether oxygens (including phenoxy) is 2. The van der Waals surface area contributed by atoms with E-state index >= 15 is 0 Å². The minimum absolute atomic E-state index is 0.201. The lowest BCUT2D eigenvalue weighted by molar-refractivity contribution is -0.119. The number of rotatable bonds is 7. The van der Waals surface area contributed by atoms with Crippen molar-refractivity contribution in [1.82, 2.24) is 4.98 Å². The van der Waals surface area contributed by atoms with E-state index in [1.54, 1.807) is 26.5 Å². The van der Waals surface area contributed by atoms with Crippen molar-refractivity contribution < 1.29 is 14.3 Å². The quantitative estimate of drug-likeness (QED) is 0.746. The summed E-state index contributed by atoms with van der Waals surface area (Å²) in [6, 6.07) is 3.63. The van der Waals surface area contributed by atoms with Crippen LogP contribution in [0.3, 0.4) is 0 Å². The molecule has 0 unspecified atom stereocenters. The van der Waals surface area contributed by atoms with E-state index in [0.29, 0.717) is 18.7 Å². The molecule has 0 aromatic carbocycles. The van der Waals surface area contributed by atoms with Gasteiger partial charge in [-0.3, -0.25) is 4.79 Å². The van der Waals surface area contributed by atoms with E-state index < -0.39 is 0 Å². The summed E-state index contributed by atoms with van der Waals surface area (Å²) in [5, 5.41) is 0. The van der Waals surface area contributed by atoms with Crippen molar-refractivity contribution in [2.75, 3.05) is 14.2 Å². The average molecular weight is 251 g/mol. The third-order valence-electron chi connectivity index (χ3n) is 2.97. The van der Waals surface area contributed by atoms with Gasteiger partial charge in [0.05, 0.1) is 12.7 Å². The van der Waals surface area contributed by atoms with Crippen LogP contribution in [0.4, 0.5) is 0 Å². The first-order chi connectivity index (χ1) is 8.46. The van der Waals surface area contributed by atoms with Crippen molar-refractivity contribution in [2.24, 2.45) is 0 Å². The molecule has 0 fully saturated rings. The Labute approximate surface area is 108 Å². The summed E-state index contributed by atoms with van der Waals surface area (Å²) in [4.78, 5) is 15.9. The fraction of sp³-hybridized carbons (Fsp3) is 0.571. The van der Waals surface area contributed by atoms with Gasteiger partial charge < -0.3 is 9.47 Å². The van der Waals surface area contributed by atoms with Crippen LogP contribution in [0.2, 0.25) is 0 Å². The standard InChI is InChI=1S/C14H21NO3/c1-14(2,18-4)8-7-12(16)9-11-5-6-13(17-3)15-10-11/h5-6,10H,7-9H2,1-4H3. The molecule has 1 aromatic rings. The van der Waals surface area contributed by atoms with Crippen LogP contribution in [0, 0.1) is 0 Å². The summed E-state index contributed by atoms with van der Waals surface area (Å²) in [5.41, 5.74) is 0.671. The lowest BCUT2D eigenvalue weighted by atomic mass is 9.98. The third-order valence-corrected chi connectivity index (χ3v) is 2.97. The normalized spacial score (nSPS) is 11.3. The Kier molecular flexibility index (Phi) is 5.28. The summed E-state index contributed by atoms with van der Waals surface area (Å²) >= 11 is 0. The fourth-order valence-corrected chi connectivity index (χ4v) is 1.49. The maximum absolute atomic E-state index is 11.8. The Balaban J connectivity index is 2.44. The Hall–Kier alpha value is -1.42. The van der Waals surface area contributed by atoms with Crippen molar-refractivity contribution in [1.29, 1.82) is 0 Å². The number of methoxy groups -OCH3 is 2. The van der Waals surface area contributed by atoms with E-state index in [9.17, 15) is 4.79 Å². The number of pyridine rings is 1. The summed E-state index contributed by atoms with van der Waals surface area (Å²) in [5.74, 6) is 0.763. The van der Waals surface area contributed by atoms with Crippen molar-refractivity contribution in [3.8, 4) is 5.88 Å². The molecule has 4 heteroatoms. The highest BCUT2D eigenvalue weighted by Gasteiger charge is 2.18. The van der Waals surface area contributed by atoms with Gasteiger partial charge in [0.2, 0.25) is 5.88 Å². The van der Waals surface area contributed by atoms with Gasteiger partial charge in [-0.2, -0.15) is 0 Å². The van der Waals surface area contributed by atoms with Crippen molar-refractivity contribution in [3.05, 3.63) is 23.9 Å². The number of aromatic nitrogens is 1. The molecule has 18 heavy (non-hydrogen) atoms. The maximum atomic E-state index is 11.8. The van der Waals surface area contributed by atoms with Gasteiger partial charge in [0, 0.05) is 32.2 Å². The van der Waals surface area contributed by atoms with E-state index in [-0.39, 0.29) is 11.4 Å². The zero-order chi connectivity index (χ0) is 13.6. The molecule has 1 aromatic heterocycles. The van der Waals surface area contributed by atoms with Crippen LogP contribution in [0.1, 0.15) is 32.3 Å². The van der Waals surface area contributed by atoms with E-state index in [4.69, 9.17) is 9.47 Å². The van der Waals surface area contributed by atoms with Gasteiger partial charge in [0.15, 0.2) is 0 Å². The minimum atomic E-state index is -0.242. The fourth-order valence-electron chi connectivity index (χ4n) is 1.49. The average Bonchev–Trinajstić information content (AvgIpc) is 2.37. The molecule has 0 spiro atoms. The predicted molar refractivity (Wildman–Crippen MR) is 69.8 cm³/mol. The van der Waals surface area contributed by atoms with Crippen molar-refractivity contribution in [2.45, 2.75) is 38.7 Å². The summed E-state index contributed by atoms with van der Waals surface area (Å²) in [6.07, 6.45) is 3.34. The third kappa shape index (κ3) is 4.84.